The van der Waals surface area contributed by atoms with E-state index in [1.165, 1.54) is 34.7 Å². The van der Waals surface area contributed by atoms with Crippen molar-refractivity contribution in [3.05, 3.63) is 52.5 Å². The second-order valence-electron chi connectivity index (χ2n) is 6.58. The molecule has 0 bridgehead atoms. The summed E-state index contributed by atoms with van der Waals surface area (Å²) in [7, 11) is 0. The molecule has 0 radical (unpaired) electrons. The minimum absolute atomic E-state index is 0.730. The molecule has 1 aliphatic heterocycles. The van der Waals surface area contributed by atoms with Crippen LogP contribution in [0.2, 0.25) is 5.02 Å². The van der Waals surface area contributed by atoms with Gasteiger partial charge in [0.1, 0.15) is 0 Å². The van der Waals surface area contributed by atoms with E-state index < -0.39 is 0 Å². The third-order valence-corrected chi connectivity index (χ3v) is 6.22. The van der Waals surface area contributed by atoms with Crippen LogP contribution in [0.5, 0.6) is 0 Å². The van der Waals surface area contributed by atoms with Crippen LogP contribution in [-0.4, -0.2) is 29.0 Å². The van der Waals surface area contributed by atoms with E-state index in [9.17, 15) is 0 Å². The number of rotatable bonds is 4. The first-order valence-corrected chi connectivity index (χ1v) is 9.78. The van der Waals surface area contributed by atoms with Gasteiger partial charge in [-0.2, -0.15) is 0 Å². The van der Waals surface area contributed by atoms with Crippen molar-refractivity contribution in [1.82, 2.24) is 9.88 Å². The Morgan fingerprint density at radius 1 is 1.21 bits per heavy atom. The highest BCUT2D eigenvalue weighted by Crippen LogP contribution is 2.29. The number of thiazole rings is 1. The molecule has 0 saturated carbocycles. The first-order valence-electron chi connectivity index (χ1n) is 8.58. The van der Waals surface area contributed by atoms with Crippen molar-refractivity contribution in [2.45, 2.75) is 32.2 Å². The van der Waals surface area contributed by atoms with Crippen molar-refractivity contribution < 1.29 is 0 Å². The van der Waals surface area contributed by atoms with E-state index >= 15 is 0 Å². The van der Waals surface area contributed by atoms with Gasteiger partial charge in [-0.3, -0.25) is 0 Å². The Labute approximate surface area is 152 Å². The van der Waals surface area contributed by atoms with Crippen LogP contribution in [0.15, 0.2) is 42.5 Å². The van der Waals surface area contributed by atoms with Gasteiger partial charge in [-0.15, -0.1) is 11.3 Å². The Kier molecular flexibility index (Phi) is 4.57. The quantitative estimate of drug-likeness (QED) is 0.601. The number of fused-ring (bicyclic) bond motifs is 1. The van der Waals surface area contributed by atoms with E-state index in [1.54, 1.807) is 0 Å². The third-order valence-electron chi connectivity index (χ3n) is 4.89. The minimum Gasteiger partial charge on any atom is -0.300 e. The number of hydrogen-bond acceptors (Lipinski definition) is 3. The molecule has 0 aliphatic carbocycles. The zero-order valence-corrected chi connectivity index (χ0v) is 15.4. The maximum atomic E-state index is 6.11. The number of halogens is 1. The van der Waals surface area contributed by atoms with Gasteiger partial charge in [0.15, 0.2) is 0 Å². The molecule has 4 heteroatoms. The Morgan fingerprint density at radius 3 is 2.88 bits per heavy atom. The van der Waals surface area contributed by atoms with Crippen LogP contribution in [0.3, 0.4) is 0 Å². The standard InChI is InChI=1S/C20H21ClN2S/c1-14-4-3-10-23(14)11-9-20-22-18-13-16(7-8-19(18)24-20)15-5-2-6-17(21)12-15/h2,5-8,12-14H,3-4,9-11H2,1H3. The molecular weight excluding hydrogens is 336 g/mol. The van der Waals surface area contributed by atoms with Gasteiger partial charge in [0.2, 0.25) is 0 Å². The van der Waals surface area contributed by atoms with E-state index in [4.69, 9.17) is 16.6 Å². The molecule has 24 heavy (non-hydrogen) atoms. The Balaban J connectivity index is 1.55. The van der Waals surface area contributed by atoms with Crippen molar-refractivity contribution in [2.24, 2.45) is 0 Å². The molecule has 1 atom stereocenters. The minimum atomic E-state index is 0.730. The highest BCUT2D eigenvalue weighted by atomic mass is 35.5. The number of aromatic nitrogens is 1. The fourth-order valence-corrected chi connectivity index (χ4v) is 4.62. The van der Waals surface area contributed by atoms with Crippen LogP contribution < -0.4 is 0 Å². The highest BCUT2D eigenvalue weighted by molar-refractivity contribution is 7.18. The fourth-order valence-electron chi connectivity index (χ4n) is 3.49. The summed E-state index contributed by atoms with van der Waals surface area (Å²) >= 11 is 7.94. The topological polar surface area (TPSA) is 16.1 Å². The van der Waals surface area contributed by atoms with Gasteiger partial charge in [0, 0.05) is 24.0 Å². The molecule has 2 heterocycles. The van der Waals surface area contributed by atoms with Crippen LogP contribution in [0.25, 0.3) is 21.3 Å². The normalized spacial score (nSPS) is 18.5. The lowest BCUT2D eigenvalue weighted by atomic mass is 10.1. The molecule has 0 spiro atoms. The SMILES string of the molecule is CC1CCCN1CCc1nc2cc(-c3cccc(Cl)c3)ccc2s1. The lowest BCUT2D eigenvalue weighted by molar-refractivity contribution is 0.272. The molecule has 4 rings (SSSR count). The molecule has 3 aromatic rings. The number of hydrogen-bond donors (Lipinski definition) is 0. The zero-order chi connectivity index (χ0) is 16.5. The maximum absolute atomic E-state index is 6.11. The molecule has 124 valence electrons. The second kappa shape index (κ2) is 6.83. The van der Waals surface area contributed by atoms with Crippen LogP contribution >= 0.6 is 22.9 Å². The van der Waals surface area contributed by atoms with Crippen LogP contribution in [0, 0.1) is 0 Å². The summed E-state index contributed by atoms with van der Waals surface area (Å²) in [6, 6.07) is 15.3. The van der Waals surface area contributed by atoms with Gasteiger partial charge in [-0.1, -0.05) is 29.8 Å². The largest absolute Gasteiger partial charge is 0.300 e. The highest BCUT2D eigenvalue weighted by Gasteiger charge is 2.20. The van der Waals surface area contributed by atoms with Crippen molar-refractivity contribution in [3.63, 3.8) is 0 Å². The first kappa shape index (κ1) is 16.1. The maximum Gasteiger partial charge on any atom is 0.0951 e. The molecule has 0 N–H and O–H groups in total. The van der Waals surface area contributed by atoms with E-state index in [-0.39, 0.29) is 0 Å². The summed E-state index contributed by atoms with van der Waals surface area (Å²) in [5.41, 5.74) is 3.42. The zero-order valence-electron chi connectivity index (χ0n) is 13.8. The van der Waals surface area contributed by atoms with Gasteiger partial charge < -0.3 is 4.90 Å². The lowest BCUT2D eigenvalue weighted by Gasteiger charge is -2.19. The summed E-state index contributed by atoms with van der Waals surface area (Å²) in [6.45, 7) is 4.70. The third kappa shape index (κ3) is 3.34. The van der Waals surface area contributed by atoms with Gasteiger partial charge in [0.05, 0.1) is 15.2 Å². The van der Waals surface area contributed by atoms with Crippen LogP contribution in [-0.2, 0) is 6.42 Å². The molecular formula is C20H21ClN2S. The number of benzene rings is 2. The molecule has 2 aromatic carbocycles. The van der Waals surface area contributed by atoms with Crippen molar-refractivity contribution in [2.75, 3.05) is 13.1 Å². The first-order chi connectivity index (χ1) is 11.7. The molecule has 1 fully saturated rings. The molecule has 1 saturated heterocycles. The van der Waals surface area contributed by atoms with Gasteiger partial charge in [-0.05, 0) is 61.7 Å². The summed E-state index contributed by atoms with van der Waals surface area (Å²) in [5.74, 6) is 0. The van der Waals surface area contributed by atoms with Gasteiger partial charge >= 0.3 is 0 Å². The van der Waals surface area contributed by atoms with Gasteiger partial charge in [0.25, 0.3) is 0 Å². The monoisotopic (exact) mass is 356 g/mol. The summed E-state index contributed by atoms with van der Waals surface area (Å²) < 4.78 is 1.27. The summed E-state index contributed by atoms with van der Waals surface area (Å²) in [4.78, 5) is 7.45. The van der Waals surface area contributed by atoms with Crippen LogP contribution in [0.4, 0.5) is 0 Å². The average Bonchev–Trinajstić information content (AvgIpc) is 3.17. The van der Waals surface area contributed by atoms with E-state index in [1.807, 2.05) is 29.5 Å². The molecule has 1 aromatic heterocycles. The number of likely N-dealkylation sites (tertiary alicyclic amines) is 1. The molecule has 0 amide bonds. The lowest BCUT2D eigenvalue weighted by Crippen LogP contribution is -2.28. The molecule has 2 nitrogen and oxygen atoms in total. The summed E-state index contributed by atoms with van der Waals surface area (Å²) in [6.07, 6.45) is 3.73. The Bertz CT molecular complexity index is 858. The predicted molar refractivity (Wildman–Crippen MR) is 104 cm³/mol. The molecule has 1 unspecified atom stereocenters. The second-order valence-corrected chi connectivity index (χ2v) is 8.13. The Hall–Kier alpha value is -1.42. The average molecular weight is 357 g/mol. The van der Waals surface area contributed by atoms with E-state index in [0.717, 1.165) is 35.1 Å². The smallest absolute Gasteiger partial charge is 0.0951 e. The summed E-state index contributed by atoms with van der Waals surface area (Å²) in [5, 5.41) is 2.01. The van der Waals surface area contributed by atoms with Gasteiger partial charge in [-0.25, -0.2) is 4.98 Å². The van der Waals surface area contributed by atoms with Crippen LogP contribution in [0.1, 0.15) is 24.8 Å². The predicted octanol–water partition coefficient (Wildman–Crippen LogP) is 5.64. The molecule has 1 aliphatic rings. The van der Waals surface area contributed by atoms with E-state index in [2.05, 4.69) is 36.1 Å². The Morgan fingerprint density at radius 2 is 2.08 bits per heavy atom. The fraction of sp³-hybridized carbons (Fsp3) is 0.350. The van der Waals surface area contributed by atoms with E-state index in [0.29, 0.717) is 0 Å². The number of nitrogens with zero attached hydrogens (tertiary/aromatic N) is 2. The van der Waals surface area contributed by atoms with Crippen molar-refractivity contribution >= 4 is 33.2 Å². The van der Waals surface area contributed by atoms with Crippen molar-refractivity contribution in [3.8, 4) is 11.1 Å². The van der Waals surface area contributed by atoms with Crippen molar-refractivity contribution in [1.29, 1.82) is 0 Å².